The standard InChI is InChI=1S/C4H6N2O3/c1-6-4(7)9-3(5-6)8-2/h1-2H3. The van der Waals surface area contributed by atoms with Crippen molar-refractivity contribution in [2.45, 2.75) is 0 Å². The average molecular weight is 130 g/mol. The molecule has 1 aromatic heterocycles. The van der Waals surface area contributed by atoms with Crippen molar-refractivity contribution in [2.24, 2.45) is 7.05 Å². The quantitative estimate of drug-likeness (QED) is 0.508. The Kier molecular flexibility index (Phi) is 1.26. The van der Waals surface area contributed by atoms with E-state index in [0.717, 1.165) is 4.68 Å². The molecular formula is C4H6N2O3. The Morgan fingerprint density at radius 1 is 1.78 bits per heavy atom. The maximum absolute atomic E-state index is 10.5. The maximum Gasteiger partial charge on any atom is 0.439 e. The molecule has 0 aromatic carbocycles. The maximum atomic E-state index is 10.5. The van der Waals surface area contributed by atoms with Crippen LogP contribution in [-0.4, -0.2) is 16.9 Å². The molecule has 0 aliphatic carbocycles. The number of hydrogen-bond acceptors (Lipinski definition) is 4. The summed E-state index contributed by atoms with van der Waals surface area (Å²) in [6.45, 7) is 0. The monoisotopic (exact) mass is 130 g/mol. The molecule has 5 heteroatoms. The van der Waals surface area contributed by atoms with Gasteiger partial charge in [0, 0.05) is 7.05 Å². The van der Waals surface area contributed by atoms with Crippen LogP contribution in [-0.2, 0) is 7.05 Å². The van der Waals surface area contributed by atoms with Gasteiger partial charge in [-0.2, -0.15) is 4.68 Å². The highest BCUT2D eigenvalue weighted by atomic mass is 16.6. The predicted octanol–water partition coefficient (Wildman–Crippen LogP) is -0.618. The molecule has 0 atom stereocenters. The Balaban J connectivity index is 3.13. The lowest BCUT2D eigenvalue weighted by Crippen LogP contribution is -2.09. The SMILES string of the molecule is COc1nn(C)c(=O)o1. The fraction of sp³-hybridized carbons (Fsp3) is 0.500. The molecule has 1 aromatic rings. The number of ether oxygens (including phenoxy) is 1. The van der Waals surface area contributed by atoms with Gasteiger partial charge in [0.25, 0.3) is 0 Å². The fourth-order valence-corrected chi connectivity index (χ4v) is 0.407. The molecule has 0 saturated carbocycles. The molecular weight excluding hydrogens is 124 g/mol. The Labute approximate surface area is 50.8 Å². The lowest BCUT2D eigenvalue weighted by atomic mass is 11.2. The smallest absolute Gasteiger partial charge is 0.439 e. The first-order valence-corrected chi connectivity index (χ1v) is 2.32. The molecule has 0 saturated heterocycles. The highest BCUT2D eigenvalue weighted by Crippen LogP contribution is 1.96. The minimum atomic E-state index is -0.521. The van der Waals surface area contributed by atoms with Crippen LogP contribution in [0.25, 0.3) is 0 Å². The van der Waals surface area contributed by atoms with Crippen LogP contribution in [0.4, 0.5) is 0 Å². The third-order valence-electron chi connectivity index (χ3n) is 0.845. The van der Waals surface area contributed by atoms with Crippen LogP contribution in [0.1, 0.15) is 0 Å². The van der Waals surface area contributed by atoms with Gasteiger partial charge in [0.15, 0.2) is 0 Å². The summed E-state index contributed by atoms with van der Waals surface area (Å²) < 4.78 is 10.0. The number of rotatable bonds is 1. The van der Waals surface area contributed by atoms with E-state index >= 15 is 0 Å². The normalized spacial score (nSPS) is 9.56. The van der Waals surface area contributed by atoms with Crippen LogP contribution >= 0.6 is 0 Å². The van der Waals surface area contributed by atoms with E-state index in [1.54, 1.807) is 0 Å². The summed E-state index contributed by atoms with van der Waals surface area (Å²) in [5, 5.41) is 3.54. The molecule has 9 heavy (non-hydrogen) atoms. The Hall–Kier alpha value is -1.26. The minimum absolute atomic E-state index is 0.0116. The summed E-state index contributed by atoms with van der Waals surface area (Å²) in [4.78, 5) is 10.5. The molecule has 5 nitrogen and oxygen atoms in total. The molecule has 0 unspecified atom stereocenters. The second kappa shape index (κ2) is 1.93. The number of nitrogens with zero attached hydrogens (tertiary/aromatic N) is 2. The molecule has 0 fully saturated rings. The molecule has 0 amide bonds. The van der Waals surface area contributed by atoms with Crippen LogP contribution < -0.4 is 10.5 Å². The Morgan fingerprint density at radius 2 is 2.44 bits per heavy atom. The van der Waals surface area contributed by atoms with Gasteiger partial charge in [-0.25, -0.2) is 4.79 Å². The largest absolute Gasteiger partial charge is 0.452 e. The summed E-state index contributed by atoms with van der Waals surface area (Å²) in [5.41, 5.74) is 0. The molecule has 0 N–H and O–H groups in total. The highest BCUT2D eigenvalue weighted by molar-refractivity contribution is 4.77. The van der Waals surface area contributed by atoms with Crippen molar-refractivity contribution in [3.05, 3.63) is 10.6 Å². The number of methoxy groups -OCH3 is 1. The molecule has 0 spiro atoms. The van der Waals surface area contributed by atoms with E-state index in [4.69, 9.17) is 0 Å². The zero-order valence-corrected chi connectivity index (χ0v) is 5.12. The zero-order valence-electron chi connectivity index (χ0n) is 5.12. The minimum Gasteiger partial charge on any atom is -0.452 e. The average Bonchev–Trinajstić information content (AvgIpc) is 2.13. The summed E-state index contributed by atoms with van der Waals surface area (Å²) >= 11 is 0. The molecule has 0 bridgehead atoms. The van der Waals surface area contributed by atoms with Crippen LogP contribution in [0, 0.1) is 0 Å². The van der Waals surface area contributed by atoms with Crippen LogP contribution in [0.2, 0.25) is 0 Å². The molecule has 0 aliphatic heterocycles. The summed E-state index contributed by atoms with van der Waals surface area (Å²) in [6, 6.07) is 0. The number of aryl methyl sites for hydroxylation is 1. The van der Waals surface area contributed by atoms with E-state index in [0.29, 0.717) is 0 Å². The van der Waals surface area contributed by atoms with Crippen molar-refractivity contribution in [1.82, 2.24) is 9.78 Å². The van der Waals surface area contributed by atoms with Gasteiger partial charge in [0.1, 0.15) is 0 Å². The summed E-state index contributed by atoms with van der Waals surface area (Å²) in [5.74, 6) is -0.521. The first-order chi connectivity index (χ1) is 4.24. The van der Waals surface area contributed by atoms with Gasteiger partial charge in [-0.3, -0.25) is 0 Å². The van der Waals surface area contributed by atoms with Crippen LogP contribution in [0.15, 0.2) is 9.21 Å². The van der Waals surface area contributed by atoms with Crippen molar-refractivity contribution in [1.29, 1.82) is 0 Å². The van der Waals surface area contributed by atoms with E-state index in [2.05, 4.69) is 14.3 Å². The molecule has 1 heterocycles. The second-order valence-electron chi connectivity index (χ2n) is 1.46. The van der Waals surface area contributed by atoms with Gasteiger partial charge in [-0.05, 0) is 0 Å². The zero-order chi connectivity index (χ0) is 6.85. The van der Waals surface area contributed by atoms with Crippen LogP contribution in [0.3, 0.4) is 0 Å². The van der Waals surface area contributed by atoms with Crippen molar-refractivity contribution >= 4 is 0 Å². The van der Waals surface area contributed by atoms with E-state index < -0.39 is 5.76 Å². The fourth-order valence-electron chi connectivity index (χ4n) is 0.407. The van der Waals surface area contributed by atoms with E-state index in [1.807, 2.05) is 0 Å². The van der Waals surface area contributed by atoms with E-state index in [-0.39, 0.29) is 6.08 Å². The van der Waals surface area contributed by atoms with E-state index in [1.165, 1.54) is 14.2 Å². The third-order valence-corrected chi connectivity index (χ3v) is 0.845. The lowest BCUT2D eigenvalue weighted by molar-refractivity contribution is 0.282. The van der Waals surface area contributed by atoms with Crippen molar-refractivity contribution in [2.75, 3.05) is 7.11 Å². The molecule has 0 radical (unpaired) electrons. The summed E-state index contributed by atoms with van der Waals surface area (Å²) in [7, 11) is 2.86. The number of aromatic nitrogens is 2. The van der Waals surface area contributed by atoms with Crippen molar-refractivity contribution < 1.29 is 9.15 Å². The third kappa shape index (κ3) is 0.933. The van der Waals surface area contributed by atoms with Crippen molar-refractivity contribution in [3.63, 3.8) is 0 Å². The highest BCUT2D eigenvalue weighted by Gasteiger charge is 2.01. The van der Waals surface area contributed by atoms with Gasteiger partial charge in [0.2, 0.25) is 0 Å². The van der Waals surface area contributed by atoms with Gasteiger partial charge >= 0.3 is 11.8 Å². The Bertz CT molecular complexity index is 249. The Morgan fingerprint density at radius 3 is 2.67 bits per heavy atom. The van der Waals surface area contributed by atoms with Crippen LogP contribution in [0.5, 0.6) is 6.08 Å². The van der Waals surface area contributed by atoms with Gasteiger partial charge in [0.05, 0.1) is 7.11 Å². The topological polar surface area (TPSA) is 57.3 Å². The first kappa shape index (κ1) is 5.87. The summed E-state index contributed by atoms with van der Waals surface area (Å²) in [6.07, 6.45) is -0.0116. The number of hydrogen-bond donors (Lipinski definition) is 0. The van der Waals surface area contributed by atoms with Gasteiger partial charge < -0.3 is 9.15 Å². The molecule has 0 aliphatic rings. The molecule has 1 rings (SSSR count). The van der Waals surface area contributed by atoms with E-state index in [9.17, 15) is 4.79 Å². The second-order valence-corrected chi connectivity index (χ2v) is 1.46. The predicted molar refractivity (Wildman–Crippen MR) is 28.3 cm³/mol. The first-order valence-electron chi connectivity index (χ1n) is 2.32. The van der Waals surface area contributed by atoms with Crippen molar-refractivity contribution in [3.8, 4) is 6.08 Å². The van der Waals surface area contributed by atoms with Gasteiger partial charge in [-0.1, -0.05) is 5.10 Å². The van der Waals surface area contributed by atoms with Gasteiger partial charge in [-0.15, -0.1) is 0 Å². The molecule has 50 valence electrons. The lowest BCUT2D eigenvalue weighted by Gasteiger charge is -1.82.